The Hall–Kier alpha value is -1.88. The number of nitrogens with zero attached hydrogens (tertiary/aromatic N) is 2. The molecule has 0 aromatic heterocycles. The van der Waals surface area contributed by atoms with Gasteiger partial charge in [-0.25, -0.2) is 0 Å². The van der Waals surface area contributed by atoms with Crippen LogP contribution in [0.1, 0.15) is 42.1 Å². The Bertz CT molecular complexity index is 585. The molecule has 5 heteroatoms. The second kappa shape index (κ2) is 6.08. The fourth-order valence-electron chi connectivity index (χ4n) is 3.26. The third-order valence-electron chi connectivity index (χ3n) is 4.72. The highest BCUT2D eigenvalue weighted by Gasteiger charge is 2.50. The number of amides is 1. The Morgan fingerprint density at radius 3 is 2.55 bits per heavy atom. The zero-order valence-corrected chi connectivity index (χ0v) is 13.7. The van der Waals surface area contributed by atoms with Crippen LogP contribution >= 0.6 is 0 Å². The summed E-state index contributed by atoms with van der Waals surface area (Å²) in [6.45, 7) is 5.05. The van der Waals surface area contributed by atoms with E-state index in [1.165, 1.54) is 0 Å². The first-order chi connectivity index (χ1) is 10.3. The number of likely N-dealkylation sites (N-methyl/N-ethyl adjacent to an activating group) is 1. The number of carboxylic acids is 1. The van der Waals surface area contributed by atoms with Gasteiger partial charge in [-0.2, -0.15) is 0 Å². The summed E-state index contributed by atoms with van der Waals surface area (Å²) in [5.41, 5.74) is 0.429. The number of fused-ring (bicyclic) bond motifs is 1. The lowest BCUT2D eigenvalue weighted by molar-refractivity contribution is -0.142. The van der Waals surface area contributed by atoms with E-state index >= 15 is 0 Å². The summed E-state index contributed by atoms with van der Waals surface area (Å²) in [6, 6.07) is 7.08. The quantitative estimate of drug-likeness (QED) is 0.904. The average Bonchev–Trinajstić information content (AvgIpc) is 2.46. The molecule has 2 atom stereocenters. The van der Waals surface area contributed by atoms with Gasteiger partial charge in [0.25, 0.3) is 5.91 Å². The molecule has 1 aliphatic heterocycles. The molecule has 2 unspecified atom stereocenters. The van der Waals surface area contributed by atoms with Gasteiger partial charge in [-0.1, -0.05) is 25.1 Å². The normalized spacial score (nSPS) is 24.5. The van der Waals surface area contributed by atoms with Crippen molar-refractivity contribution in [3.8, 4) is 0 Å². The van der Waals surface area contributed by atoms with Gasteiger partial charge in [0.1, 0.15) is 5.92 Å². The number of carboxylic acid groups (broad SMARTS) is 1. The van der Waals surface area contributed by atoms with E-state index in [1.54, 1.807) is 29.2 Å². The Kier molecular flexibility index (Phi) is 4.56. The van der Waals surface area contributed by atoms with Crippen molar-refractivity contribution >= 4 is 11.9 Å². The molecule has 0 fully saturated rings. The average molecular weight is 304 g/mol. The van der Waals surface area contributed by atoms with Crippen molar-refractivity contribution in [2.75, 3.05) is 27.2 Å². The predicted octanol–water partition coefficient (Wildman–Crippen LogP) is 2.04. The van der Waals surface area contributed by atoms with Crippen LogP contribution in [0.5, 0.6) is 0 Å². The van der Waals surface area contributed by atoms with E-state index in [0.717, 1.165) is 0 Å². The van der Waals surface area contributed by atoms with Crippen molar-refractivity contribution in [1.82, 2.24) is 9.80 Å². The molecule has 1 aromatic rings. The number of rotatable bonds is 5. The van der Waals surface area contributed by atoms with Crippen LogP contribution in [0.25, 0.3) is 0 Å². The van der Waals surface area contributed by atoms with E-state index < -0.39 is 17.4 Å². The lowest BCUT2D eigenvalue weighted by atomic mass is 9.72. The van der Waals surface area contributed by atoms with Crippen LogP contribution in [0.4, 0.5) is 0 Å². The standard InChI is InChI=1S/C17H24N2O3/c1-5-17(2)14(16(21)22)12-8-6-7-9-13(12)15(20)19(17)11-10-18(3)4/h6-9,14H,5,10-11H2,1-4H3,(H,21,22). The highest BCUT2D eigenvalue weighted by Crippen LogP contribution is 2.42. The van der Waals surface area contributed by atoms with Crippen LogP contribution in [-0.2, 0) is 4.79 Å². The lowest BCUT2D eigenvalue weighted by Crippen LogP contribution is -2.59. The molecule has 1 aromatic carbocycles. The number of benzene rings is 1. The van der Waals surface area contributed by atoms with Crippen LogP contribution in [0.2, 0.25) is 0 Å². The largest absolute Gasteiger partial charge is 0.481 e. The molecule has 0 saturated heterocycles. The minimum Gasteiger partial charge on any atom is -0.481 e. The van der Waals surface area contributed by atoms with Gasteiger partial charge >= 0.3 is 5.97 Å². The van der Waals surface area contributed by atoms with E-state index in [4.69, 9.17) is 0 Å². The number of hydrogen-bond acceptors (Lipinski definition) is 3. The second-order valence-corrected chi connectivity index (χ2v) is 6.33. The van der Waals surface area contributed by atoms with Crippen molar-refractivity contribution in [2.45, 2.75) is 31.7 Å². The van der Waals surface area contributed by atoms with Crippen molar-refractivity contribution in [3.63, 3.8) is 0 Å². The van der Waals surface area contributed by atoms with E-state index in [0.29, 0.717) is 30.6 Å². The van der Waals surface area contributed by atoms with E-state index in [2.05, 4.69) is 0 Å². The summed E-state index contributed by atoms with van der Waals surface area (Å²) in [6.07, 6.45) is 0.595. The topological polar surface area (TPSA) is 60.9 Å². The first kappa shape index (κ1) is 16.5. The van der Waals surface area contributed by atoms with Crippen molar-refractivity contribution < 1.29 is 14.7 Å². The minimum absolute atomic E-state index is 0.0701. The Morgan fingerprint density at radius 1 is 1.36 bits per heavy atom. The fourth-order valence-corrected chi connectivity index (χ4v) is 3.26. The molecule has 1 heterocycles. The summed E-state index contributed by atoms with van der Waals surface area (Å²) in [5, 5.41) is 9.78. The highest BCUT2D eigenvalue weighted by atomic mass is 16.4. The van der Waals surface area contributed by atoms with Gasteiger partial charge in [-0.15, -0.1) is 0 Å². The van der Waals surface area contributed by atoms with Gasteiger partial charge < -0.3 is 14.9 Å². The number of carbonyl (C=O) groups is 2. The third kappa shape index (κ3) is 2.61. The second-order valence-electron chi connectivity index (χ2n) is 6.33. The molecule has 22 heavy (non-hydrogen) atoms. The zero-order valence-electron chi connectivity index (χ0n) is 13.7. The van der Waals surface area contributed by atoms with Crippen LogP contribution in [0.15, 0.2) is 24.3 Å². The molecular formula is C17H24N2O3. The Morgan fingerprint density at radius 2 is 2.00 bits per heavy atom. The molecule has 1 amide bonds. The van der Waals surface area contributed by atoms with E-state index in [1.807, 2.05) is 32.8 Å². The smallest absolute Gasteiger partial charge is 0.313 e. The molecule has 0 saturated carbocycles. The monoisotopic (exact) mass is 304 g/mol. The van der Waals surface area contributed by atoms with Crippen LogP contribution in [0, 0.1) is 0 Å². The number of hydrogen-bond donors (Lipinski definition) is 1. The number of carbonyl (C=O) groups excluding carboxylic acids is 1. The lowest BCUT2D eigenvalue weighted by Gasteiger charge is -2.49. The first-order valence-corrected chi connectivity index (χ1v) is 7.61. The number of aliphatic carboxylic acids is 1. The van der Waals surface area contributed by atoms with Crippen LogP contribution in [-0.4, -0.2) is 59.5 Å². The molecular weight excluding hydrogens is 280 g/mol. The van der Waals surface area contributed by atoms with Gasteiger partial charge in [-0.3, -0.25) is 9.59 Å². The zero-order chi connectivity index (χ0) is 16.5. The third-order valence-corrected chi connectivity index (χ3v) is 4.72. The van der Waals surface area contributed by atoms with Gasteiger partial charge in [0.2, 0.25) is 0 Å². The van der Waals surface area contributed by atoms with E-state index in [9.17, 15) is 14.7 Å². The maximum atomic E-state index is 12.9. The van der Waals surface area contributed by atoms with Crippen molar-refractivity contribution in [2.24, 2.45) is 0 Å². The molecule has 1 aliphatic rings. The Labute approximate surface area is 131 Å². The molecule has 5 nitrogen and oxygen atoms in total. The molecule has 0 bridgehead atoms. The molecule has 120 valence electrons. The summed E-state index contributed by atoms with van der Waals surface area (Å²) >= 11 is 0. The highest BCUT2D eigenvalue weighted by molar-refractivity contribution is 6.00. The SMILES string of the molecule is CCC1(C)C(C(=O)O)c2ccccc2C(=O)N1CCN(C)C. The summed E-state index contributed by atoms with van der Waals surface area (Å²) in [4.78, 5) is 28.6. The summed E-state index contributed by atoms with van der Waals surface area (Å²) in [5.74, 6) is -1.65. The summed E-state index contributed by atoms with van der Waals surface area (Å²) in [7, 11) is 3.89. The minimum atomic E-state index is -0.876. The summed E-state index contributed by atoms with van der Waals surface area (Å²) < 4.78 is 0. The van der Waals surface area contributed by atoms with Gasteiger partial charge in [0.15, 0.2) is 0 Å². The Balaban J connectivity index is 2.55. The fraction of sp³-hybridized carbons (Fsp3) is 0.529. The van der Waals surface area contributed by atoms with Gasteiger partial charge in [0, 0.05) is 18.7 Å². The molecule has 1 N–H and O–H groups in total. The van der Waals surface area contributed by atoms with Crippen LogP contribution in [0.3, 0.4) is 0 Å². The molecule has 0 aliphatic carbocycles. The molecule has 0 radical (unpaired) electrons. The predicted molar refractivity (Wildman–Crippen MR) is 85.1 cm³/mol. The van der Waals surface area contributed by atoms with Crippen LogP contribution < -0.4 is 0 Å². The van der Waals surface area contributed by atoms with Gasteiger partial charge in [-0.05, 0) is 39.1 Å². The maximum absolute atomic E-state index is 12.9. The molecule has 2 rings (SSSR count). The first-order valence-electron chi connectivity index (χ1n) is 7.61. The maximum Gasteiger partial charge on any atom is 0.313 e. The molecule has 0 spiro atoms. The van der Waals surface area contributed by atoms with Crippen molar-refractivity contribution in [3.05, 3.63) is 35.4 Å². The van der Waals surface area contributed by atoms with E-state index in [-0.39, 0.29) is 5.91 Å². The van der Waals surface area contributed by atoms with Gasteiger partial charge in [0.05, 0.1) is 5.54 Å². The van der Waals surface area contributed by atoms with Crippen molar-refractivity contribution in [1.29, 1.82) is 0 Å².